The first kappa shape index (κ1) is 33.8. The SMILES string of the molecule is COC(=O)[C@H](Cc1c[nH]c2ccccc12)NC(=O)CCC(=O)OCC(=O)[C@@]1(O)CC[C@@H]2[C@H]3CCC4=CC(=O)CC[C@]4(C)[C@@H]3C(=O)C[C@@]21C. The molecule has 48 heavy (non-hydrogen) atoms. The number of aliphatic hydroxyl groups is 1. The monoisotopic (exact) mass is 660 g/mol. The molecule has 3 N–H and O–H groups in total. The van der Waals surface area contributed by atoms with Gasteiger partial charge < -0.3 is 24.9 Å². The lowest BCUT2D eigenvalue weighted by molar-refractivity contribution is -0.173. The van der Waals surface area contributed by atoms with Crippen LogP contribution in [0.25, 0.3) is 10.9 Å². The van der Waals surface area contributed by atoms with E-state index in [4.69, 9.17) is 9.47 Å². The molecular formula is C37H44N2O9. The summed E-state index contributed by atoms with van der Waals surface area (Å²) in [6, 6.07) is 6.60. The molecule has 7 atom stereocenters. The maximum absolute atomic E-state index is 13.8. The molecule has 0 radical (unpaired) electrons. The molecule has 4 aliphatic rings. The number of carbonyl (C=O) groups is 6. The van der Waals surface area contributed by atoms with Crippen LogP contribution in [0.3, 0.4) is 0 Å². The van der Waals surface area contributed by atoms with E-state index < -0.39 is 47.3 Å². The zero-order valence-electron chi connectivity index (χ0n) is 27.8. The molecule has 4 aliphatic carbocycles. The molecule has 1 aromatic heterocycles. The highest BCUT2D eigenvalue weighted by molar-refractivity contribution is 5.95. The van der Waals surface area contributed by atoms with Crippen LogP contribution in [0.2, 0.25) is 0 Å². The Bertz CT molecular complexity index is 1710. The Hall–Kier alpha value is -4.12. The molecule has 3 saturated carbocycles. The average molecular weight is 661 g/mol. The lowest BCUT2D eigenvalue weighted by Crippen LogP contribution is -2.61. The van der Waals surface area contributed by atoms with Crippen LogP contribution in [0.4, 0.5) is 0 Å². The fourth-order valence-electron chi connectivity index (χ4n) is 9.52. The lowest BCUT2D eigenvalue weighted by atomic mass is 9.46. The number of carbonyl (C=O) groups excluding carboxylic acids is 6. The van der Waals surface area contributed by atoms with Gasteiger partial charge >= 0.3 is 11.9 Å². The molecule has 2 aromatic rings. The van der Waals surface area contributed by atoms with Crippen LogP contribution < -0.4 is 5.32 Å². The Balaban J connectivity index is 1.04. The first-order valence-electron chi connectivity index (χ1n) is 16.9. The summed E-state index contributed by atoms with van der Waals surface area (Å²) in [5.41, 5.74) is -0.439. The van der Waals surface area contributed by atoms with E-state index >= 15 is 0 Å². The number of methoxy groups -OCH3 is 1. The predicted molar refractivity (Wildman–Crippen MR) is 173 cm³/mol. The molecule has 256 valence electrons. The van der Waals surface area contributed by atoms with Crippen molar-refractivity contribution in [1.29, 1.82) is 0 Å². The van der Waals surface area contributed by atoms with Crippen LogP contribution in [0, 0.1) is 28.6 Å². The topological polar surface area (TPSA) is 169 Å². The maximum atomic E-state index is 13.8. The number of nitrogens with one attached hydrogen (secondary N) is 2. The number of aromatic nitrogens is 1. The number of hydrogen-bond acceptors (Lipinski definition) is 9. The minimum Gasteiger partial charge on any atom is -0.467 e. The second-order valence-electron chi connectivity index (χ2n) is 14.6. The van der Waals surface area contributed by atoms with Crippen molar-refractivity contribution in [3.8, 4) is 0 Å². The summed E-state index contributed by atoms with van der Waals surface area (Å²) >= 11 is 0. The lowest BCUT2D eigenvalue weighted by Gasteiger charge is -2.57. The number of Topliss-reactive ketones (excluding diaryl/α,β-unsaturated/α-hetero) is 2. The number of allylic oxidation sites excluding steroid dienone is 1. The van der Waals surface area contributed by atoms with Gasteiger partial charge in [0.15, 0.2) is 12.4 Å². The molecule has 1 amide bonds. The van der Waals surface area contributed by atoms with Crippen LogP contribution in [-0.2, 0) is 44.7 Å². The van der Waals surface area contributed by atoms with E-state index in [2.05, 4.69) is 17.2 Å². The molecule has 0 spiro atoms. The molecular weight excluding hydrogens is 616 g/mol. The number of benzene rings is 1. The molecule has 3 fully saturated rings. The molecule has 11 nitrogen and oxygen atoms in total. The second-order valence-corrected chi connectivity index (χ2v) is 14.6. The number of hydrogen-bond donors (Lipinski definition) is 3. The van der Waals surface area contributed by atoms with Gasteiger partial charge in [0.2, 0.25) is 11.7 Å². The van der Waals surface area contributed by atoms with E-state index in [0.29, 0.717) is 19.3 Å². The van der Waals surface area contributed by atoms with Crippen molar-refractivity contribution in [2.24, 2.45) is 28.6 Å². The number of fused-ring (bicyclic) bond motifs is 6. The highest BCUT2D eigenvalue weighted by Crippen LogP contribution is 2.66. The van der Waals surface area contributed by atoms with Crippen molar-refractivity contribution in [3.05, 3.63) is 47.7 Å². The maximum Gasteiger partial charge on any atom is 0.328 e. The highest BCUT2D eigenvalue weighted by atomic mass is 16.5. The van der Waals surface area contributed by atoms with E-state index in [-0.39, 0.29) is 66.8 Å². The third-order valence-corrected chi connectivity index (χ3v) is 12.1. The van der Waals surface area contributed by atoms with Gasteiger partial charge in [-0.2, -0.15) is 0 Å². The predicted octanol–water partition coefficient (Wildman–Crippen LogP) is 3.70. The normalized spacial score (nSPS) is 31.6. The Labute approximate surface area is 279 Å². The van der Waals surface area contributed by atoms with E-state index in [0.717, 1.165) is 34.9 Å². The summed E-state index contributed by atoms with van der Waals surface area (Å²) in [6.07, 6.45) is 6.38. The molecule has 0 aliphatic heterocycles. The first-order valence-corrected chi connectivity index (χ1v) is 16.9. The molecule has 6 rings (SSSR count). The molecule has 0 bridgehead atoms. The molecule has 1 aromatic carbocycles. The van der Waals surface area contributed by atoms with E-state index in [1.807, 2.05) is 31.2 Å². The molecule has 11 heteroatoms. The standard InChI is InChI=1S/C37H44N2O9/c1-35-14-12-23(40)17-22(35)8-9-25-26-13-15-37(46,36(26,2)18-29(41)33(25)35)30(42)20-48-32(44)11-10-31(43)39-28(34(45)47-3)16-21-19-38-27-7-5-4-6-24(21)27/h4-7,17,19,25-26,28,33,38,46H,8-16,18,20H2,1-3H3,(H,39,43)/t25-,26-,28+,33+,35+,36+,37+/m1/s1. The molecule has 0 saturated heterocycles. The van der Waals surface area contributed by atoms with E-state index in [1.165, 1.54) is 7.11 Å². The molecule has 1 heterocycles. The summed E-state index contributed by atoms with van der Waals surface area (Å²) in [4.78, 5) is 80.5. The van der Waals surface area contributed by atoms with Gasteiger partial charge in [-0.25, -0.2) is 4.79 Å². The number of para-hydroxylation sites is 1. The quantitative estimate of drug-likeness (QED) is 0.322. The number of ether oxygens (including phenoxy) is 2. The van der Waals surface area contributed by atoms with Crippen LogP contribution in [0.1, 0.15) is 77.2 Å². The average Bonchev–Trinajstić information content (AvgIpc) is 3.59. The van der Waals surface area contributed by atoms with Gasteiger partial charge in [-0.1, -0.05) is 37.6 Å². The second kappa shape index (κ2) is 12.7. The van der Waals surface area contributed by atoms with E-state index in [9.17, 15) is 33.9 Å². The third kappa shape index (κ3) is 5.69. The van der Waals surface area contributed by atoms with Crippen molar-refractivity contribution in [1.82, 2.24) is 10.3 Å². The Morgan fingerprint density at radius 2 is 1.83 bits per heavy atom. The van der Waals surface area contributed by atoms with Gasteiger partial charge in [0.1, 0.15) is 17.4 Å². The van der Waals surface area contributed by atoms with Crippen molar-refractivity contribution >= 4 is 46.1 Å². The molecule has 0 unspecified atom stereocenters. The number of aromatic amines is 1. The zero-order valence-corrected chi connectivity index (χ0v) is 27.8. The zero-order chi connectivity index (χ0) is 34.4. The summed E-state index contributed by atoms with van der Waals surface area (Å²) in [5.74, 6) is -2.80. The Morgan fingerprint density at radius 1 is 1.06 bits per heavy atom. The number of rotatable bonds is 10. The minimum absolute atomic E-state index is 0.000674. The Kier molecular flexibility index (Phi) is 8.95. The largest absolute Gasteiger partial charge is 0.467 e. The Morgan fingerprint density at radius 3 is 2.60 bits per heavy atom. The van der Waals surface area contributed by atoms with Gasteiger partial charge in [0.05, 0.1) is 13.5 Å². The summed E-state index contributed by atoms with van der Waals surface area (Å²) in [7, 11) is 1.23. The number of amides is 1. The summed E-state index contributed by atoms with van der Waals surface area (Å²) < 4.78 is 10.1. The smallest absolute Gasteiger partial charge is 0.328 e. The van der Waals surface area contributed by atoms with Crippen LogP contribution in [0.5, 0.6) is 0 Å². The number of H-pyrrole nitrogens is 1. The fraction of sp³-hybridized carbons (Fsp3) is 0.568. The summed E-state index contributed by atoms with van der Waals surface area (Å²) in [5, 5.41) is 15.4. The van der Waals surface area contributed by atoms with Gasteiger partial charge in [0.25, 0.3) is 0 Å². The van der Waals surface area contributed by atoms with Crippen molar-refractivity contribution in [2.45, 2.75) is 89.7 Å². The van der Waals surface area contributed by atoms with Gasteiger partial charge in [-0.05, 0) is 67.1 Å². The number of ketones is 3. The first-order chi connectivity index (χ1) is 22.8. The number of esters is 2. The van der Waals surface area contributed by atoms with Crippen LogP contribution >= 0.6 is 0 Å². The third-order valence-electron chi connectivity index (χ3n) is 12.1. The van der Waals surface area contributed by atoms with Crippen LogP contribution in [-0.4, -0.2) is 70.6 Å². The van der Waals surface area contributed by atoms with Crippen molar-refractivity contribution in [3.63, 3.8) is 0 Å². The minimum atomic E-state index is -1.83. The van der Waals surface area contributed by atoms with Gasteiger partial charge in [0, 0.05) is 54.1 Å². The van der Waals surface area contributed by atoms with Gasteiger partial charge in [-0.3, -0.25) is 24.0 Å². The van der Waals surface area contributed by atoms with Crippen molar-refractivity contribution < 1.29 is 43.3 Å². The highest BCUT2D eigenvalue weighted by Gasteiger charge is 2.68. The van der Waals surface area contributed by atoms with Crippen molar-refractivity contribution in [2.75, 3.05) is 13.7 Å². The summed E-state index contributed by atoms with van der Waals surface area (Å²) in [6.45, 7) is 3.24. The van der Waals surface area contributed by atoms with E-state index in [1.54, 1.807) is 12.3 Å². The van der Waals surface area contributed by atoms with Crippen LogP contribution in [0.15, 0.2) is 42.1 Å². The van der Waals surface area contributed by atoms with Gasteiger partial charge in [-0.15, -0.1) is 0 Å². The fourth-order valence-corrected chi connectivity index (χ4v) is 9.52.